The number of nitrogens with zero attached hydrogens (tertiary/aromatic N) is 1. The van der Waals surface area contributed by atoms with Crippen molar-refractivity contribution in [2.24, 2.45) is 10.9 Å². The van der Waals surface area contributed by atoms with E-state index in [1.165, 1.54) is 0 Å². The third-order valence-corrected chi connectivity index (χ3v) is 5.23. The zero-order chi connectivity index (χ0) is 21.1. The summed E-state index contributed by atoms with van der Waals surface area (Å²) in [6.45, 7) is 3.23. The predicted octanol–water partition coefficient (Wildman–Crippen LogP) is 5.13. The molecular formula is C23H20ClNO4. The van der Waals surface area contributed by atoms with Gasteiger partial charge in [-0.2, -0.15) is 0 Å². The van der Waals surface area contributed by atoms with Gasteiger partial charge in [0.25, 0.3) is 0 Å². The molecule has 0 aromatic heterocycles. The van der Waals surface area contributed by atoms with Crippen LogP contribution in [0.4, 0.5) is 0 Å². The fourth-order valence-electron chi connectivity index (χ4n) is 3.68. The van der Waals surface area contributed by atoms with Crippen molar-refractivity contribution < 1.29 is 19.8 Å². The molecule has 3 rings (SSSR count). The molecule has 0 radical (unpaired) electrons. The van der Waals surface area contributed by atoms with Crippen LogP contribution in [0.5, 0.6) is 0 Å². The molecule has 1 heterocycles. The Labute approximate surface area is 173 Å². The maximum atomic E-state index is 12.0. The SMILES string of the molecule is CC1=NC(C)=C(C(=O)O)C(c2ccccc2C=Cc2ccc(Cl)cc2)C1C(=O)O. The summed E-state index contributed by atoms with van der Waals surface area (Å²) in [4.78, 5) is 28.2. The van der Waals surface area contributed by atoms with Gasteiger partial charge < -0.3 is 10.2 Å². The van der Waals surface area contributed by atoms with Crippen molar-refractivity contribution in [3.8, 4) is 0 Å². The van der Waals surface area contributed by atoms with E-state index in [2.05, 4.69) is 4.99 Å². The van der Waals surface area contributed by atoms with Crippen molar-refractivity contribution in [3.63, 3.8) is 0 Å². The van der Waals surface area contributed by atoms with E-state index in [4.69, 9.17) is 11.6 Å². The smallest absolute Gasteiger partial charge is 0.334 e. The highest BCUT2D eigenvalue weighted by Gasteiger charge is 2.41. The van der Waals surface area contributed by atoms with E-state index in [-0.39, 0.29) is 5.57 Å². The van der Waals surface area contributed by atoms with Gasteiger partial charge in [-0.3, -0.25) is 9.79 Å². The molecule has 2 atom stereocenters. The Morgan fingerprint density at radius 2 is 1.66 bits per heavy atom. The minimum absolute atomic E-state index is 0.00958. The van der Waals surface area contributed by atoms with Gasteiger partial charge >= 0.3 is 11.9 Å². The normalized spacial score (nSPS) is 19.3. The van der Waals surface area contributed by atoms with Crippen LogP contribution in [0.3, 0.4) is 0 Å². The fourth-order valence-corrected chi connectivity index (χ4v) is 3.80. The molecule has 0 saturated heterocycles. The zero-order valence-electron chi connectivity index (χ0n) is 16.0. The first-order valence-electron chi connectivity index (χ1n) is 9.04. The van der Waals surface area contributed by atoms with Crippen molar-refractivity contribution in [2.45, 2.75) is 19.8 Å². The van der Waals surface area contributed by atoms with Gasteiger partial charge in [0.2, 0.25) is 0 Å². The van der Waals surface area contributed by atoms with E-state index < -0.39 is 23.8 Å². The highest BCUT2D eigenvalue weighted by Crippen LogP contribution is 2.40. The molecule has 2 aromatic rings. The molecule has 0 saturated carbocycles. The first-order valence-corrected chi connectivity index (χ1v) is 9.42. The summed E-state index contributed by atoms with van der Waals surface area (Å²) in [6.07, 6.45) is 3.74. The lowest BCUT2D eigenvalue weighted by atomic mass is 9.74. The minimum Gasteiger partial charge on any atom is -0.481 e. The van der Waals surface area contributed by atoms with Crippen LogP contribution in [0, 0.1) is 5.92 Å². The predicted molar refractivity (Wildman–Crippen MR) is 114 cm³/mol. The summed E-state index contributed by atoms with van der Waals surface area (Å²) in [5, 5.41) is 20.3. The van der Waals surface area contributed by atoms with Crippen LogP contribution in [-0.2, 0) is 9.59 Å². The largest absolute Gasteiger partial charge is 0.481 e. The van der Waals surface area contributed by atoms with Crippen molar-refractivity contribution in [1.29, 1.82) is 0 Å². The third-order valence-electron chi connectivity index (χ3n) is 4.98. The molecule has 1 aliphatic rings. The van der Waals surface area contributed by atoms with Gasteiger partial charge in [0.15, 0.2) is 0 Å². The standard InChI is InChI=1S/C23H20ClNO4/c1-13-19(22(26)27)21(20(23(28)29)14(2)25-13)18-6-4-3-5-16(18)10-7-15-8-11-17(24)12-9-15/h3-12,19,21H,1-2H3,(H,26,27)(H,28,29). The van der Waals surface area contributed by atoms with Gasteiger partial charge in [0.1, 0.15) is 5.92 Å². The summed E-state index contributed by atoms with van der Waals surface area (Å²) in [6, 6.07) is 14.5. The Bertz CT molecular complexity index is 1050. The molecule has 5 nitrogen and oxygen atoms in total. The maximum absolute atomic E-state index is 12.0. The number of halogens is 1. The highest BCUT2D eigenvalue weighted by molar-refractivity contribution is 6.30. The molecule has 0 amide bonds. The number of carbonyl (C=O) groups is 2. The van der Waals surface area contributed by atoms with Gasteiger partial charge in [-0.1, -0.05) is 60.2 Å². The van der Waals surface area contributed by atoms with Crippen molar-refractivity contribution in [3.05, 3.63) is 81.5 Å². The molecule has 0 aliphatic carbocycles. The first-order chi connectivity index (χ1) is 13.8. The lowest BCUT2D eigenvalue weighted by molar-refractivity contribution is -0.140. The first kappa shape index (κ1) is 20.6. The highest BCUT2D eigenvalue weighted by atomic mass is 35.5. The van der Waals surface area contributed by atoms with Crippen LogP contribution in [0.15, 0.2) is 64.8 Å². The Morgan fingerprint density at radius 1 is 1.00 bits per heavy atom. The van der Waals surface area contributed by atoms with Crippen molar-refractivity contribution in [2.75, 3.05) is 0 Å². The van der Waals surface area contributed by atoms with Crippen molar-refractivity contribution >= 4 is 41.4 Å². The number of hydrogen-bond donors (Lipinski definition) is 2. The molecule has 2 N–H and O–H groups in total. The topological polar surface area (TPSA) is 87.0 Å². The monoisotopic (exact) mass is 409 g/mol. The molecule has 148 valence electrons. The van der Waals surface area contributed by atoms with Gasteiger partial charge in [0, 0.05) is 22.3 Å². The molecule has 0 fully saturated rings. The van der Waals surface area contributed by atoms with Crippen molar-refractivity contribution in [1.82, 2.24) is 0 Å². The lowest BCUT2D eigenvalue weighted by Crippen LogP contribution is -2.35. The number of allylic oxidation sites excluding steroid dienone is 1. The summed E-state index contributed by atoms with van der Waals surface area (Å²) in [5.74, 6) is -4.14. The molecule has 29 heavy (non-hydrogen) atoms. The van der Waals surface area contributed by atoms with Gasteiger partial charge in [-0.15, -0.1) is 0 Å². The number of carboxylic acids is 2. The molecule has 6 heteroatoms. The number of hydrogen-bond acceptors (Lipinski definition) is 3. The molecular weight excluding hydrogens is 390 g/mol. The average Bonchev–Trinajstić information content (AvgIpc) is 2.66. The zero-order valence-corrected chi connectivity index (χ0v) is 16.7. The number of aliphatic carboxylic acids is 2. The summed E-state index contributed by atoms with van der Waals surface area (Å²) in [5.41, 5.74) is 3.03. The summed E-state index contributed by atoms with van der Waals surface area (Å²) in [7, 11) is 0. The second kappa shape index (κ2) is 8.45. The van der Waals surface area contributed by atoms with E-state index in [9.17, 15) is 19.8 Å². The fraction of sp³-hybridized carbons (Fsp3) is 0.174. The van der Waals surface area contributed by atoms with Crippen LogP contribution >= 0.6 is 11.6 Å². The van der Waals surface area contributed by atoms with Crippen LogP contribution in [0.2, 0.25) is 5.02 Å². The van der Waals surface area contributed by atoms with E-state index in [0.717, 1.165) is 11.1 Å². The minimum atomic E-state index is -1.16. The number of carboxylic acid groups (broad SMARTS) is 2. The Hall–Kier alpha value is -3.18. The average molecular weight is 410 g/mol. The quantitative estimate of drug-likeness (QED) is 0.670. The van der Waals surface area contributed by atoms with Crippen LogP contribution in [0.1, 0.15) is 36.5 Å². The Morgan fingerprint density at radius 3 is 2.28 bits per heavy atom. The Kier molecular flexibility index (Phi) is 5.99. The molecule has 1 aliphatic heterocycles. The number of benzene rings is 2. The summed E-state index contributed by atoms with van der Waals surface area (Å²) >= 11 is 5.92. The van der Waals surface area contributed by atoms with Crippen LogP contribution < -0.4 is 0 Å². The maximum Gasteiger partial charge on any atom is 0.334 e. The molecule has 2 unspecified atom stereocenters. The summed E-state index contributed by atoms with van der Waals surface area (Å²) < 4.78 is 0. The lowest BCUT2D eigenvalue weighted by Gasteiger charge is -2.30. The van der Waals surface area contributed by atoms with Gasteiger partial charge in [-0.05, 0) is 42.7 Å². The second-order valence-corrected chi connectivity index (χ2v) is 7.30. The Balaban J connectivity index is 2.13. The van der Waals surface area contributed by atoms with E-state index in [0.29, 0.717) is 22.0 Å². The van der Waals surface area contributed by atoms with Gasteiger partial charge in [0.05, 0.1) is 5.57 Å². The molecule has 0 bridgehead atoms. The number of aliphatic imine (C=N–C) groups is 1. The molecule has 0 spiro atoms. The number of rotatable bonds is 5. The third kappa shape index (κ3) is 4.30. The van der Waals surface area contributed by atoms with Crippen LogP contribution in [-0.4, -0.2) is 27.9 Å². The second-order valence-electron chi connectivity index (χ2n) is 6.86. The van der Waals surface area contributed by atoms with E-state index in [1.54, 1.807) is 38.1 Å². The molecule has 2 aromatic carbocycles. The van der Waals surface area contributed by atoms with E-state index in [1.807, 2.05) is 36.4 Å². The van der Waals surface area contributed by atoms with Crippen LogP contribution in [0.25, 0.3) is 12.2 Å². The van der Waals surface area contributed by atoms with Gasteiger partial charge in [-0.25, -0.2) is 4.79 Å². The van der Waals surface area contributed by atoms with E-state index >= 15 is 0 Å².